The van der Waals surface area contributed by atoms with Crippen LogP contribution in [0.1, 0.15) is 30.2 Å². The summed E-state index contributed by atoms with van der Waals surface area (Å²) in [7, 11) is 0.804. The molecule has 2 aromatic heterocycles. The van der Waals surface area contributed by atoms with E-state index in [1.807, 2.05) is 0 Å². The Morgan fingerprint density at radius 1 is 1.06 bits per heavy atom. The maximum Gasteiger partial charge on any atom is 0.459 e. The van der Waals surface area contributed by atoms with Crippen LogP contribution in [0, 0.1) is 0 Å². The molecule has 0 fully saturated rings. The van der Waals surface area contributed by atoms with Crippen LogP contribution in [0.4, 0.5) is 35.1 Å². The summed E-state index contributed by atoms with van der Waals surface area (Å²) in [5.74, 6) is -7.15. The number of nitrogens with one attached hydrogen (secondary N) is 1. The van der Waals surface area contributed by atoms with Gasteiger partial charge >= 0.3 is 18.3 Å². The van der Waals surface area contributed by atoms with E-state index in [4.69, 9.17) is 0 Å². The van der Waals surface area contributed by atoms with Crippen LogP contribution >= 0.6 is 0 Å². The number of aryl methyl sites for hydroxylation is 1. The van der Waals surface area contributed by atoms with Gasteiger partial charge in [-0.05, 0) is 17.2 Å². The van der Waals surface area contributed by atoms with Crippen molar-refractivity contribution >= 4 is 5.91 Å². The number of nitrogens with zero attached hydrogens (tertiary/aromatic N) is 4. The van der Waals surface area contributed by atoms with Crippen LogP contribution in [0.5, 0.6) is 0 Å². The standard InChI is InChI=1S/C20H17F8N5O/c1-3-14(34)29-8-11-5-4-6-12(7-11)13-9-30-33(10-13)17-15(19(23,24)25)16(31-32(17)2)18(21,22)20(26,27)28/h4-7,9-10H,3,8H2,1-2H3,(H,29,34). The van der Waals surface area contributed by atoms with Gasteiger partial charge in [0, 0.05) is 31.8 Å². The van der Waals surface area contributed by atoms with Crippen molar-refractivity contribution in [3.8, 4) is 16.9 Å². The van der Waals surface area contributed by atoms with E-state index in [9.17, 15) is 39.9 Å². The molecule has 1 amide bonds. The van der Waals surface area contributed by atoms with E-state index in [0.717, 1.165) is 19.4 Å². The maximum absolute atomic E-state index is 13.9. The van der Waals surface area contributed by atoms with Gasteiger partial charge in [0.1, 0.15) is 5.56 Å². The Morgan fingerprint density at radius 3 is 2.32 bits per heavy atom. The molecule has 6 nitrogen and oxygen atoms in total. The summed E-state index contributed by atoms with van der Waals surface area (Å²) < 4.78 is 108. The Labute approximate surface area is 187 Å². The van der Waals surface area contributed by atoms with Crippen molar-refractivity contribution in [1.29, 1.82) is 0 Å². The molecule has 0 saturated carbocycles. The number of rotatable bonds is 6. The lowest BCUT2D eigenvalue weighted by molar-refractivity contribution is -0.292. The largest absolute Gasteiger partial charge is 0.459 e. The number of benzene rings is 1. The first-order valence-corrected chi connectivity index (χ1v) is 9.67. The highest BCUT2D eigenvalue weighted by molar-refractivity contribution is 5.75. The molecule has 184 valence electrons. The topological polar surface area (TPSA) is 64.7 Å². The number of aromatic nitrogens is 4. The zero-order valence-corrected chi connectivity index (χ0v) is 17.6. The van der Waals surface area contributed by atoms with Gasteiger partial charge in [0.2, 0.25) is 5.91 Å². The number of hydrogen-bond donors (Lipinski definition) is 1. The van der Waals surface area contributed by atoms with E-state index >= 15 is 0 Å². The predicted octanol–water partition coefficient (Wildman–Crippen LogP) is 4.97. The van der Waals surface area contributed by atoms with Gasteiger partial charge in [0.05, 0.1) is 6.20 Å². The normalized spacial score (nSPS) is 12.8. The Hall–Kier alpha value is -3.45. The average Bonchev–Trinajstić information content (AvgIpc) is 3.35. The van der Waals surface area contributed by atoms with Crippen LogP contribution in [0.15, 0.2) is 36.7 Å². The second kappa shape index (κ2) is 8.72. The van der Waals surface area contributed by atoms with Crippen LogP contribution in [0.2, 0.25) is 0 Å². The van der Waals surface area contributed by atoms with Gasteiger partial charge in [0.15, 0.2) is 11.5 Å². The van der Waals surface area contributed by atoms with Crippen LogP contribution in [0.25, 0.3) is 16.9 Å². The molecular weight excluding hydrogens is 478 g/mol. The summed E-state index contributed by atoms with van der Waals surface area (Å²) in [6.45, 7) is 1.86. The summed E-state index contributed by atoms with van der Waals surface area (Å²) in [6, 6.07) is 6.52. The molecule has 3 rings (SSSR count). The third-order valence-corrected chi connectivity index (χ3v) is 4.82. The summed E-state index contributed by atoms with van der Waals surface area (Å²) in [5.41, 5.74) is -3.33. The Morgan fingerprint density at radius 2 is 1.74 bits per heavy atom. The number of carbonyl (C=O) groups excluding carboxylic acids is 1. The zero-order valence-electron chi connectivity index (χ0n) is 17.6. The van der Waals surface area contributed by atoms with Crippen molar-refractivity contribution < 1.29 is 39.9 Å². The number of alkyl halides is 8. The fraction of sp³-hybridized carbons (Fsp3) is 0.350. The number of amides is 1. The maximum atomic E-state index is 13.9. The summed E-state index contributed by atoms with van der Waals surface area (Å²) in [5, 5.41) is 9.25. The average molecular weight is 495 g/mol. The molecule has 1 N–H and O–H groups in total. The summed E-state index contributed by atoms with van der Waals surface area (Å²) in [6.07, 6.45) is -9.43. The molecular formula is C20H17F8N5O. The first-order valence-electron chi connectivity index (χ1n) is 9.67. The molecule has 0 spiro atoms. The van der Waals surface area contributed by atoms with E-state index in [1.165, 1.54) is 0 Å². The van der Waals surface area contributed by atoms with Crippen molar-refractivity contribution in [2.45, 2.75) is 38.2 Å². The van der Waals surface area contributed by atoms with E-state index < -0.39 is 35.4 Å². The quantitative estimate of drug-likeness (QED) is 0.491. The molecule has 1 aromatic carbocycles. The van der Waals surface area contributed by atoms with Gasteiger partial charge in [-0.1, -0.05) is 25.1 Å². The van der Waals surface area contributed by atoms with Gasteiger partial charge in [-0.15, -0.1) is 0 Å². The lowest BCUT2D eigenvalue weighted by Crippen LogP contribution is -2.36. The van der Waals surface area contributed by atoms with Crippen molar-refractivity contribution in [1.82, 2.24) is 24.9 Å². The molecule has 0 saturated heterocycles. The van der Waals surface area contributed by atoms with Crippen molar-refractivity contribution in [3.63, 3.8) is 0 Å². The van der Waals surface area contributed by atoms with Crippen LogP contribution < -0.4 is 5.32 Å². The minimum Gasteiger partial charge on any atom is -0.352 e. The monoisotopic (exact) mass is 495 g/mol. The van der Waals surface area contributed by atoms with E-state index in [2.05, 4.69) is 15.5 Å². The minimum atomic E-state index is -6.29. The molecule has 0 atom stereocenters. The summed E-state index contributed by atoms with van der Waals surface area (Å²) in [4.78, 5) is 11.4. The van der Waals surface area contributed by atoms with Gasteiger partial charge in [-0.2, -0.15) is 45.3 Å². The molecule has 0 aliphatic carbocycles. The van der Waals surface area contributed by atoms with E-state index in [0.29, 0.717) is 15.8 Å². The SMILES string of the molecule is CCC(=O)NCc1cccc(-c2cnn(-c3c(C(F)(F)F)c(C(F)(F)C(F)(F)F)nn3C)c2)c1. The van der Waals surface area contributed by atoms with Gasteiger partial charge < -0.3 is 5.32 Å². The highest BCUT2D eigenvalue weighted by atomic mass is 19.4. The Balaban J connectivity index is 2.06. The first kappa shape index (κ1) is 25.2. The highest BCUT2D eigenvalue weighted by Crippen LogP contribution is 2.49. The van der Waals surface area contributed by atoms with E-state index in [-0.39, 0.29) is 29.1 Å². The molecule has 0 aliphatic rings. The number of carbonyl (C=O) groups is 1. The van der Waals surface area contributed by atoms with Crippen molar-refractivity contribution in [3.05, 3.63) is 53.5 Å². The van der Waals surface area contributed by atoms with Crippen LogP contribution in [0.3, 0.4) is 0 Å². The molecule has 0 radical (unpaired) electrons. The second-order valence-corrected chi connectivity index (χ2v) is 7.24. The fourth-order valence-electron chi connectivity index (χ4n) is 3.17. The number of hydrogen-bond acceptors (Lipinski definition) is 3. The zero-order chi connectivity index (χ0) is 25.5. The molecule has 2 heterocycles. The van der Waals surface area contributed by atoms with Crippen molar-refractivity contribution in [2.24, 2.45) is 7.05 Å². The summed E-state index contributed by atoms with van der Waals surface area (Å²) >= 11 is 0. The lowest BCUT2D eigenvalue weighted by Gasteiger charge is -2.19. The number of halogens is 8. The Bertz CT molecular complexity index is 1190. The first-order chi connectivity index (χ1) is 15.7. The fourth-order valence-corrected chi connectivity index (χ4v) is 3.17. The molecule has 0 unspecified atom stereocenters. The van der Waals surface area contributed by atoms with E-state index in [1.54, 1.807) is 31.2 Å². The third-order valence-electron chi connectivity index (χ3n) is 4.82. The smallest absolute Gasteiger partial charge is 0.352 e. The molecule has 0 bridgehead atoms. The van der Waals surface area contributed by atoms with Gasteiger partial charge in [0.25, 0.3) is 0 Å². The molecule has 3 aromatic rings. The second-order valence-electron chi connectivity index (χ2n) is 7.24. The Kier molecular flexibility index (Phi) is 6.46. The minimum absolute atomic E-state index is 0.185. The van der Waals surface area contributed by atoms with Gasteiger partial charge in [-0.25, -0.2) is 9.36 Å². The van der Waals surface area contributed by atoms with Gasteiger partial charge in [-0.3, -0.25) is 4.79 Å². The van der Waals surface area contributed by atoms with Crippen molar-refractivity contribution in [2.75, 3.05) is 0 Å². The van der Waals surface area contributed by atoms with Crippen LogP contribution in [-0.4, -0.2) is 31.6 Å². The molecule has 0 aliphatic heterocycles. The molecule has 34 heavy (non-hydrogen) atoms. The highest BCUT2D eigenvalue weighted by Gasteiger charge is 2.64. The molecule has 14 heteroatoms. The third kappa shape index (κ3) is 4.75. The predicted molar refractivity (Wildman–Crippen MR) is 103 cm³/mol. The van der Waals surface area contributed by atoms with Crippen LogP contribution in [-0.2, 0) is 30.5 Å². The lowest BCUT2D eigenvalue weighted by atomic mass is 10.1.